The van der Waals surface area contributed by atoms with Crippen LogP contribution >= 0.6 is 0 Å². The molecule has 0 fully saturated rings. The fourth-order valence-electron chi connectivity index (χ4n) is 1.90. The average Bonchev–Trinajstić information content (AvgIpc) is 2.72. The summed E-state index contributed by atoms with van der Waals surface area (Å²) in [5, 5.41) is 50.2. The van der Waals surface area contributed by atoms with Gasteiger partial charge in [-0.15, -0.1) is 0 Å². The number of hydrogen-bond acceptors (Lipinski definition) is 8. The van der Waals surface area contributed by atoms with Crippen molar-refractivity contribution in [1.29, 1.82) is 0 Å². The molecule has 0 saturated carbocycles. The van der Waals surface area contributed by atoms with Crippen LogP contribution in [-0.2, 0) is 19.1 Å². The molecule has 2 amide bonds. The second kappa shape index (κ2) is 15.9. The molecule has 2 atom stereocenters. The molecule has 0 radical (unpaired) electrons. The SMILES string of the molecule is CC(C)(CO)C(O)C(=O)NCCC(=O)O.CCOCCCNC(=O)C(O)C(C)(C)CO. The van der Waals surface area contributed by atoms with Gasteiger partial charge >= 0.3 is 5.97 Å². The predicted molar refractivity (Wildman–Crippen MR) is 113 cm³/mol. The summed E-state index contributed by atoms with van der Waals surface area (Å²) in [6.45, 7) is 9.37. The minimum atomic E-state index is -1.35. The molecule has 11 nitrogen and oxygen atoms in total. The Labute approximate surface area is 183 Å². The first-order chi connectivity index (χ1) is 14.3. The Balaban J connectivity index is 0. The summed E-state index contributed by atoms with van der Waals surface area (Å²) in [7, 11) is 0. The molecule has 7 N–H and O–H groups in total. The van der Waals surface area contributed by atoms with Crippen LogP contribution in [0.5, 0.6) is 0 Å². The number of carbonyl (C=O) groups is 3. The Morgan fingerprint density at radius 3 is 1.65 bits per heavy atom. The molecule has 0 heterocycles. The fraction of sp³-hybridized carbons (Fsp3) is 0.850. The second-order valence-electron chi connectivity index (χ2n) is 8.37. The Kier molecular flexibility index (Phi) is 16.1. The number of amides is 2. The normalized spacial score (nSPS) is 13.5. The summed E-state index contributed by atoms with van der Waals surface area (Å²) in [6, 6.07) is 0. The van der Waals surface area contributed by atoms with E-state index in [1.807, 2.05) is 6.92 Å². The van der Waals surface area contributed by atoms with E-state index in [4.69, 9.17) is 20.1 Å². The molecule has 0 aromatic rings. The quantitative estimate of drug-likeness (QED) is 0.160. The zero-order chi connectivity index (χ0) is 24.7. The molecule has 0 aromatic heterocycles. The van der Waals surface area contributed by atoms with Crippen molar-refractivity contribution in [3.05, 3.63) is 0 Å². The number of carboxylic acids is 1. The first kappa shape index (κ1) is 31.4. The summed E-state index contributed by atoms with van der Waals surface area (Å²) in [5.74, 6) is -2.14. The minimum Gasteiger partial charge on any atom is -0.481 e. The van der Waals surface area contributed by atoms with E-state index in [1.54, 1.807) is 13.8 Å². The summed E-state index contributed by atoms with van der Waals surface area (Å²) in [5.41, 5.74) is -1.75. The van der Waals surface area contributed by atoms with Gasteiger partial charge in [-0.2, -0.15) is 0 Å². The molecule has 0 rings (SSSR count). The topological polar surface area (TPSA) is 186 Å². The zero-order valence-corrected chi connectivity index (χ0v) is 19.2. The highest BCUT2D eigenvalue weighted by atomic mass is 16.5. The van der Waals surface area contributed by atoms with Gasteiger partial charge in [-0.1, -0.05) is 27.7 Å². The van der Waals surface area contributed by atoms with Gasteiger partial charge in [-0.3, -0.25) is 14.4 Å². The van der Waals surface area contributed by atoms with Crippen LogP contribution in [0.15, 0.2) is 0 Å². The van der Waals surface area contributed by atoms with Crippen molar-refractivity contribution < 1.29 is 44.7 Å². The maximum Gasteiger partial charge on any atom is 0.305 e. The van der Waals surface area contributed by atoms with Gasteiger partial charge in [0, 0.05) is 37.1 Å². The van der Waals surface area contributed by atoms with E-state index in [1.165, 1.54) is 13.8 Å². The molecule has 0 aliphatic heterocycles. The molecule has 184 valence electrons. The Morgan fingerprint density at radius 2 is 1.29 bits per heavy atom. The standard InChI is InChI=1S/C11H23NO4.C9H17NO5/c1-4-16-7-5-6-12-10(15)9(14)11(2,3)8-13;1-9(2,5-11)7(14)8(15)10-4-3-6(12)13/h9,13-14H,4-8H2,1-3H3,(H,12,15);7,11,14H,3-5H2,1-2H3,(H,10,15)(H,12,13). The number of ether oxygens (including phenoxy) is 1. The lowest BCUT2D eigenvalue weighted by atomic mass is 9.87. The van der Waals surface area contributed by atoms with Gasteiger partial charge in [0.25, 0.3) is 0 Å². The van der Waals surface area contributed by atoms with E-state index >= 15 is 0 Å². The molecule has 11 heteroatoms. The molecule has 2 unspecified atom stereocenters. The van der Waals surface area contributed by atoms with E-state index in [-0.39, 0.29) is 26.2 Å². The minimum absolute atomic E-state index is 0.0350. The fourth-order valence-corrected chi connectivity index (χ4v) is 1.90. The largest absolute Gasteiger partial charge is 0.481 e. The van der Waals surface area contributed by atoms with Crippen LogP contribution in [-0.4, -0.2) is 95.0 Å². The summed E-state index contributed by atoms with van der Waals surface area (Å²) < 4.78 is 5.11. The number of hydrogen-bond donors (Lipinski definition) is 7. The van der Waals surface area contributed by atoms with Crippen LogP contribution in [0.25, 0.3) is 0 Å². The van der Waals surface area contributed by atoms with Gasteiger partial charge in [-0.05, 0) is 13.3 Å². The highest BCUT2D eigenvalue weighted by Gasteiger charge is 2.33. The second-order valence-corrected chi connectivity index (χ2v) is 8.37. The number of carbonyl (C=O) groups excluding carboxylic acids is 2. The Hall–Kier alpha value is -1.79. The summed E-state index contributed by atoms with van der Waals surface area (Å²) >= 11 is 0. The number of carboxylic acid groups (broad SMARTS) is 1. The maximum absolute atomic E-state index is 11.5. The van der Waals surface area contributed by atoms with Crippen molar-refractivity contribution in [2.24, 2.45) is 10.8 Å². The van der Waals surface area contributed by atoms with Gasteiger partial charge in [0.2, 0.25) is 11.8 Å². The van der Waals surface area contributed by atoms with Crippen LogP contribution in [0.4, 0.5) is 0 Å². The number of rotatable bonds is 14. The van der Waals surface area contributed by atoms with Gasteiger partial charge in [0.05, 0.1) is 19.6 Å². The third-order valence-electron chi connectivity index (χ3n) is 4.40. The zero-order valence-electron chi connectivity index (χ0n) is 19.2. The molecule has 0 aromatic carbocycles. The smallest absolute Gasteiger partial charge is 0.305 e. The molecule has 0 bridgehead atoms. The van der Waals surface area contributed by atoms with E-state index in [2.05, 4.69) is 10.6 Å². The van der Waals surface area contributed by atoms with E-state index in [0.29, 0.717) is 26.2 Å². The van der Waals surface area contributed by atoms with Crippen molar-refractivity contribution in [3.63, 3.8) is 0 Å². The molecule has 0 aliphatic carbocycles. The molecule has 0 saturated heterocycles. The van der Waals surface area contributed by atoms with Crippen molar-refractivity contribution in [3.8, 4) is 0 Å². The molecule has 31 heavy (non-hydrogen) atoms. The molecule has 0 spiro atoms. The van der Waals surface area contributed by atoms with Crippen LogP contribution in [0.3, 0.4) is 0 Å². The van der Waals surface area contributed by atoms with Gasteiger partial charge < -0.3 is 40.9 Å². The first-order valence-electron chi connectivity index (χ1n) is 10.2. The van der Waals surface area contributed by atoms with Crippen molar-refractivity contribution in [1.82, 2.24) is 10.6 Å². The van der Waals surface area contributed by atoms with Crippen molar-refractivity contribution in [2.75, 3.05) is 39.5 Å². The third-order valence-corrected chi connectivity index (χ3v) is 4.40. The van der Waals surface area contributed by atoms with Gasteiger partial charge in [0.1, 0.15) is 12.2 Å². The summed E-state index contributed by atoms with van der Waals surface area (Å²) in [6.07, 6.45) is -2.02. The molecular weight excluding hydrogens is 412 g/mol. The van der Waals surface area contributed by atoms with E-state index in [9.17, 15) is 24.6 Å². The number of aliphatic hydroxyl groups excluding tert-OH is 4. The van der Waals surface area contributed by atoms with Crippen LogP contribution in [0.1, 0.15) is 47.5 Å². The van der Waals surface area contributed by atoms with E-state index < -0.39 is 40.8 Å². The lowest BCUT2D eigenvalue weighted by Crippen LogP contribution is -2.45. The first-order valence-corrected chi connectivity index (χ1v) is 10.2. The highest BCUT2D eigenvalue weighted by molar-refractivity contribution is 5.82. The third kappa shape index (κ3) is 14.0. The van der Waals surface area contributed by atoms with Gasteiger partial charge in [0.15, 0.2) is 0 Å². The van der Waals surface area contributed by atoms with Crippen molar-refractivity contribution >= 4 is 17.8 Å². The lowest BCUT2D eigenvalue weighted by Gasteiger charge is -2.27. The highest BCUT2D eigenvalue weighted by Crippen LogP contribution is 2.20. The lowest BCUT2D eigenvalue weighted by molar-refractivity contribution is -0.139. The monoisotopic (exact) mass is 452 g/mol. The molecular formula is C20H40N2O9. The van der Waals surface area contributed by atoms with Crippen molar-refractivity contribution in [2.45, 2.75) is 59.7 Å². The van der Waals surface area contributed by atoms with Crippen LogP contribution in [0.2, 0.25) is 0 Å². The van der Waals surface area contributed by atoms with Crippen LogP contribution < -0.4 is 10.6 Å². The number of aliphatic hydroxyl groups is 4. The van der Waals surface area contributed by atoms with Crippen LogP contribution in [0, 0.1) is 10.8 Å². The summed E-state index contributed by atoms with van der Waals surface area (Å²) in [4.78, 5) is 32.9. The Bertz CT molecular complexity index is 539. The number of aliphatic carboxylic acids is 1. The number of nitrogens with one attached hydrogen (secondary N) is 2. The predicted octanol–water partition coefficient (Wildman–Crippen LogP) is -1.13. The maximum atomic E-state index is 11.5. The van der Waals surface area contributed by atoms with E-state index in [0.717, 1.165) is 0 Å². The van der Waals surface area contributed by atoms with Gasteiger partial charge in [-0.25, -0.2) is 0 Å². The Morgan fingerprint density at radius 1 is 0.871 bits per heavy atom. The average molecular weight is 453 g/mol. The molecule has 0 aliphatic rings.